The van der Waals surface area contributed by atoms with Crippen LogP contribution in [0, 0.1) is 0 Å². The lowest BCUT2D eigenvalue weighted by Gasteiger charge is -2.13. The summed E-state index contributed by atoms with van der Waals surface area (Å²) in [6.07, 6.45) is -2.29. The average molecular weight is 238 g/mol. The third-order valence-electron chi connectivity index (χ3n) is 2.59. The second-order valence-electron chi connectivity index (χ2n) is 3.90. The summed E-state index contributed by atoms with van der Waals surface area (Å²) in [5.74, 6) is -0.470. The van der Waals surface area contributed by atoms with E-state index in [0.717, 1.165) is 0 Å². The van der Waals surface area contributed by atoms with Crippen LogP contribution in [-0.2, 0) is 9.47 Å². The van der Waals surface area contributed by atoms with Crippen molar-refractivity contribution in [2.24, 2.45) is 0 Å². The van der Waals surface area contributed by atoms with E-state index < -0.39 is 24.5 Å². The Morgan fingerprint density at radius 1 is 1.35 bits per heavy atom. The average Bonchev–Trinajstić information content (AvgIpc) is 2.66. The number of carbonyl (C=O) groups excluding carboxylic acids is 1. The maximum atomic E-state index is 11.6. The Hall–Kier alpha value is -1.43. The second-order valence-corrected chi connectivity index (χ2v) is 3.90. The Morgan fingerprint density at radius 3 is 2.65 bits per heavy atom. The van der Waals surface area contributed by atoms with Gasteiger partial charge in [0, 0.05) is 6.42 Å². The Balaban J connectivity index is 1.85. The predicted octanol–water partition coefficient (Wildman–Crippen LogP) is 0.312. The summed E-state index contributed by atoms with van der Waals surface area (Å²) >= 11 is 0. The highest BCUT2D eigenvalue weighted by Crippen LogP contribution is 2.19. The molecule has 1 aliphatic heterocycles. The maximum Gasteiger partial charge on any atom is 0.338 e. The third kappa shape index (κ3) is 3.03. The van der Waals surface area contributed by atoms with E-state index in [9.17, 15) is 9.90 Å². The van der Waals surface area contributed by atoms with Crippen LogP contribution in [-0.4, -0.2) is 41.3 Å². The molecule has 92 valence electrons. The van der Waals surface area contributed by atoms with E-state index in [1.807, 2.05) is 0 Å². The minimum atomic E-state index is -0.981. The molecule has 1 aromatic carbocycles. The van der Waals surface area contributed by atoms with E-state index in [0.29, 0.717) is 5.56 Å². The Labute approximate surface area is 98.6 Å². The van der Waals surface area contributed by atoms with Crippen molar-refractivity contribution < 1.29 is 24.5 Å². The normalized spacial score (nSPS) is 28.0. The molecule has 0 amide bonds. The first-order valence-electron chi connectivity index (χ1n) is 5.40. The summed E-state index contributed by atoms with van der Waals surface area (Å²) in [5, 5.41) is 18.6. The van der Waals surface area contributed by atoms with Crippen molar-refractivity contribution in [1.29, 1.82) is 0 Å². The smallest absolute Gasteiger partial charge is 0.338 e. The van der Waals surface area contributed by atoms with Crippen LogP contribution in [0.2, 0.25) is 0 Å². The number of benzene rings is 1. The molecule has 1 saturated heterocycles. The van der Waals surface area contributed by atoms with E-state index >= 15 is 0 Å². The van der Waals surface area contributed by atoms with Gasteiger partial charge in [-0.25, -0.2) is 4.79 Å². The molecule has 17 heavy (non-hydrogen) atoms. The fourth-order valence-corrected chi connectivity index (χ4v) is 1.67. The van der Waals surface area contributed by atoms with Crippen molar-refractivity contribution in [2.45, 2.75) is 24.9 Å². The standard InChI is InChI=1S/C12H14O5/c13-9-6-11(14)17-10(9)7-16-12(15)8-4-2-1-3-5-8/h1-5,9-11,13-14H,6-7H2/t9-,10+,11-/m0/s1. The third-order valence-corrected chi connectivity index (χ3v) is 2.59. The van der Waals surface area contributed by atoms with Crippen LogP contribution in [0.25, 0.3) is 0 Å². The molecule has 0 spiro atoms. The van der Waals surface area contributed by atoms with Gasteiger partial charge < -0.3 is 19.7 Å². The van der Waals surface area contributed by atoms with E-state index in [-0.39, 0.29) is 13.0 Å². The first-order valence-corrected chi connectivity index (χ1v) is 5.40. The van der Waals surface area contributed by atoms with Crippen molar-refractivity contribution >= 4 is 5.97 Å². The Kier molecular flexibility index (Phi) is 3.73. The monoisotopic (exact) mass is 238 g/mol. The topological polar surface area (TPSA) is 76.0 Å². The van der Waals surface area contributed by atoms with Crippen LogP contribution in [0.1, 0.15) is 16.8 Å². The summed E-state index contributed by atoms with van der Waals surface area (Å²) in [6, 6.07) is 8.56. The highest BCUT2D eigenvalue weighted by atomic mass is 16.6. The summed E-state index contributed by atoms with van der Waals surface area (Å²) in [4.78, 5) is 11.6. The van der Waals surface area contributed by atoms with Gasteiger partial charge in [0.1, 0.15) is 12.7 Å². The van der Waals surface area contributed by atoms with Gasteiger partial charge in [-0.15, -0.1) is 0 Å². The molecule has 1 fully saturated rings. The lowest BCUT2D eigenvalue weighted by molar-refractivity contribution is -0.109. The SMILES string of the molecule is O=C(OC[C@H]1O[C@H](O)C[C@@H]1O)c1ccccc1. The molecule has 2 N–H and O–H groups in total. The molecule has 3 atom stereocenters. The highest BCUT2D eigenvalue weighted by Gasteiger charge is 2.33. The number of hydrogen-bond acceptors (Lipinski definition) is 5. The zero-order valence-corrected chi connectivity index (χ0v) is 9.15. The molecule has 0 saturated carbocycles. The highest BCUT2D eigenvalue weighted by molar-refractivity contribution is 5.89. The van der Waals surface area contributed by atoms with Gasteiger partial charge in [-0.2, -0.15) is 0 Å². The largest absolute Gasteiger partial charge is 0.459 e. The molecule has 5 heteroatoms. The Bertz CT molecular complexity index is 378. The molecule has 0 bridgehead atoms. The van der Waals surface area contributed by atoms with Gasteiger partial charge in [0.2, 0.25) is 0 Å². The number of hydrogen-bond donors (Lipinski definition) is 2. The van der Waals surface area contributed by atoms with Crippen molar-refractivity contribution in [2.75, 3.05) is 6.61 Å². The number of ether oxygens (including phenoxy) is 2. The van der Waals surface area contributed by atoms with Crippen molar-refractivity contribution in [3.63, 3.8) is 0 Å². The van der Waals surface area contributed by atoms with E-state index in [4.69, 9.17) is 14.6 Å². The molecule has 2 rings (SSSR count). The minimum Gasteiger partial charge on any atom is -0.459 e. The van der Waals surface area contributed by atoms with Gasteiger partial charge in [-0.1, -0.05) is 18.2 Å². The molecule has 0 radical (unpaired) electrons. The summed E-state index contributed by atoms with van der Waals surface area (Å²) in [6.45, 7) is -0.0635. The zero-order chi connectivity index (χ0) is 12.3. The number of aliphatic hydroxyl groups excluding tert-OH is 2. The number of aliphatic hydroxyl groups is 2. The number of carbonyl (C=O) groups is 1. The maximum absolute atomic E-state index is 11.6. The van der Waals surface area contributed by atoms with Gasteiger partial charge in [-0.05, 0) is 12.1 Å². The van der Waals surface area contributed by atoms with Crippen molar-refractivity contribution in [3.05, 3.63) is 35.9 Å². The van der Waals surface area contributed by atoms with Crippen LogP contribution in [0.15, 0.2) is 30.3 Å². The van der Waals surface area contributed by atoms with Crippen LogP contribution in [0.4, 0.5) is 0 Å². The molecule has 5 nitrogen and oxygen atoms in total. The number of rotatable bonds is 3. The minimum absolute atomic E-state index is 0.0635. The molecular weight excluding hydrogens is 224 g/mol. The van der Waals surface area contributed by atoms with Gasteiger partial charge in [0.15, 0.2) is 6.29 Å². The molecule has 1 aliphatic rings. The van der Waals surface area contributed by atoms with Gasteiger partial charge >= 0.3 is 5.97 Å². The predicted molar refractivity (Wildman–Crippen MR) is 58.2 cm³/mol. The first kappa shape index (κ1) is 12.0. The van der Waals surface area contributed by atoms with Crippen LogP contribution >= 0.6 is 0 Å². The lowest BCUT2D eigenvalue weighted by atomic mass is 10.2. The Morgan fingerprint density at radius 2 is 2.06 bits per heavy atom. The summed E-state index contributed by atoms with van der Waals surface area (Å²) in [7, 11) is 0. The number of esters is 1. The lowest BCUT2D eigenvalue weighted by Crippen LogP contribution is -2.28. The van der Waals surface area contributed by atoms with E-state index in [1.165, 1.54) is 0 Å². The quantitative estimate of drug-likeness (QED) is 0.741. The fourth-order valence-electron chi connectivity index (χ4n) is 1.67. The van der Waals surface area contributed by atoms with Crippen molar-refractivity contribution in [3.8, 4) is 0 Å². The van der Waals surface area contributed by atoms with Gasteiger partial charge in [0.25, 0.3) is 0 Å². The van der Waals surface area contributed by atoms with Gasteiger partial charge in [0.05, 0.1) is 11.7 Å². The first-order chi connectivity index (χ1) is 8.16. The van der Waals surface area contributed by atoms with Crippen LogP contribution < -0.4 is 0 Å². The summed E-state index contributed by atoms with van der Waals surface area (Å²) in [5.41, 5.74) is 0.445. The second kappa shape index (κ2) is 5.27. The van der Waals surface area contributed by atoms with Crippen molar-refractivity contribution in [1.82, 2.24) is 0 Å². The molecule has 1 aromatic rings. The molecular formula is C12H14O5. The van der Waals surface area contributed by atoms with Crippen LogP contribution in [0.3, 0.4) is 0 Å². The summed E-state index contributed by atoms with van der Waals surface area (Å²) < 4.78 is 9.98. The molecule has 0 unspecified atom stereocenters. The zero-order valence-electron chi connectivity index (χ0n) is 9.15. The molecule has 0 aliphatic carbocycles. The van der Waals surface area contributed by atoms with Crippen LogP contribution in [0.5, 0.6) is 0 Å². The van der Waals surface area contributed by atoms with E-state index in [1.54, 1.807) is 30.3 Å². The fraction of sp³-hybridized carbons (Fsp3) is 0.417. The van der Waals surface area contributed by atoms with E-state index in [2.05, 4.69) is 0 Å². The molecule has 1 heterocycles. The van der Waals surface area contributed by atoms with Gasteiger partial charge in [-0.3, -0.25) is 0 Å². The molecule has 0 aromatic heterocycles.